The molecule has 9 nitrogen and oxygen atoms in total. The molecule has 0 fully saturated rings. The van der Waals surface area contributed by atoms with Gasteiger partial charge in [-0.05, 0) is 0 Å². The van der Waals surface area contributed by atoms with E-state index in [2.05, 4.69) is 0 Å². The van der Waals surface area contributed by atoms with Gasteiger partial charge in [-0.15, -0.1) is 0 Å². The standard InChI is InChI=1S/C8H14O9/c9-1-3(11)5(13)6(14)8(17,7(15)16)4(12)2-10/h3,5-6,9-11,13-14,17H,1-2H2,(H,15,16). The van der Waals surface area contributed by atoms with E-state index in [0.29, 0.717) is 0 Å². The normalized spacial score (nSPS) is 20.1. The van der Waals surface area contributed by atoms with Gasteiger partial charge < -0.3 is 35.7 Å². The quantitative estimate of drug-likeness (QED) is 0.220. The van der Waals surface area contributed by atoms with Crippen LogP contribution in [0.15, 0.2) is 0 Å². The largest absolute Gasteiger partial charge is 0.479 e. The first-order valence-corrected chi connectivity index (χ1v) is 4.48. The van der Waals surface area contributed by atoms with Crippen molar-refractivity contribution < 1.29 is 45.3 Å². The van der Waals surface area contributed by atoms with Gasteiger partial charge >= 0.3 is 5.97 Å². The molecular formula is C8H14O9. The van der Waals surface area contributed by atoms with Crippen LogP contribution in [0.1, 0.15) is 0 Å². The van der Waals surface area contributed by atoms with Gasteiger partial charge in [-0.3, -0.25) is 4.79 Å². The number of aliphatic hydroxyl groups excluding tert-OH is 5. The van der Waals surface area contributed by atoms with E-state index in [1.165, 1.54) is 0 Å². The minimum Gasteiger partial charge on any atom is -0.479 e. The van der Waals surface area contributed by atoms with E-state index in [0.717, 1.165) is 0 Å². The highest BCUT2D eigenvalue weighted by molar-refractivity contribution is 6.07. The summed E-state index contributed by atoms with van der Waals surface area (Å²) in [7, 11) is 0. The van der Waals surface area contributed by atoms with E-state index in [4.69, 9.17) is 20.4 Å². The Morgan fingerprint density at radius 2 is 1.59 bits per heavy atom. The van der Waals surface area contributed by atoms with Gasteiger partial charge in [0.1, 0.15) is 24.9 Å². The first-order chi connectivity index (χ1) is 7.73. The van der Waals surface area contributed by atoms with Crippen LogP contribution in [-0.4, -0.2) is 84.6 Å². The van der Waals surface area contributed by atoms with Crippen molar-refractivity contribution in [3.8, 4) is 0 Å². The highest BCUT2D eigenvalue weighted by atomic mass is 16.4. The molecule has 0 saturated heterocycles. The number of carbonyl (C=O) groups is 2. The lowest BCUT2D eigenvalue weighted by Gasteiger charge is -2.31. The molecular weight excluding hydrogens is 240 g/mol. The Balaban J connectivity index is 5.21. The lowest BCUT2D eigenvalue weighted by atomic mass is 9.86. The van der Waals surface area contributed by atoms with E-state index in [-0.39, 0.29) is 0 Å². The van der Waals surface area contributed by atoms with Crippen LogP contribution < -0.4 is 0 Å². The minimum atomic E-state index is -3.47. The summed E-state index contributed by atoms with van der Waals surface area (Å²) in [6.07, 6.45) is -6.85. The molecule has 0 rings (SSSR count). The van der Waals surface area contributed by atoms with Crippen molar-refractivity contribution in [2.45, 2.75) is 23.9 Å². The first-order valence-electron chi connectivity index (χ1n) is 4.48. The van der Waals surface area contributed by atoms with E-state index in [9.17, 15) is 24.9 Å². The number of aliphatic carboxylic acids is 1. The smallest absolute Gasteiger partial charge is 0.346 e. The molecule has 9 heteroatoms. The topological polar surface area (TPSA) is 176 Å². The second-order valence-corrected chi connectivity index (χ2v) is 3.34. The van der Waals surface area contributed by atoms with Gasteiger partial charge in [0.15, 0.2) is 0 Å². The molecule has 0 aromatic rings. The molecule has 0 aliphatic heterocycles. The van der Waals surface area contributed by atoms with Crippen molar-refractivity contribution in [3.63, 3.8) is 0 Å². The Hall–Kier alpha value is -1.10. The molecule has 7 N–H and O–H groups in total. The van der Waals surface area contributed by atoms with E-state index >= 15 is 0 Å². The van der Waals surface area contributed by atoms with Gasteiger partial charge in [-0.25, -0.2) is 4.79 Å². The van der Waals surface area contributed by atoms with Crippen molar-refractivity contribution in [3.05, 3.63) is 0 Å². The summed E-state index contributed by atoms with van der Waals surface area (Å²) < 4.78 is 0. The molecule has 4 unspecified atom stereocenters. The Labute approximate surface area is 95.2 Å². The van der Waals surface area contributed by atoms with Crippen LogP contribution in [0.5, 0.6) is 0 Å². The van der Waals surface area contributed by atoms with E-state index in [1.807, 2.05) is 0 Å². The minimum absolute atomic E-state index is 1.03. The molecule has 0 saturated carbocycles. The number of Topliss-reactive ketones (excluding diaryl/α,β-unsaturated/α-hetero) is 1. The zero-order chi connectivity index (χ0) is 13.8. The highest BCUT2D eigenvalue weighted by Gasteiger charge is 2.54. The van der Waals surface area contributed by atoms with Crippen LogP contribution in [0.4, 0.5) is 0 Å². The molecule has 0 aromatic heterocycles. The zero-order valence-electron chi connectivity index (χ0n) is 8.59. The Morgan fingerprint density at radius 1 is 1.12 bits per heavy atom. The molecule has 0 radical (unpaired) electrons. The van der Waals surface area contributed by atoms with Crippen molar-refractivity contribution in [2.75, 3.05) is 13.2 Å². The molecule has 0 aromatic carbocycles. The van der Waals surface area contributed by atoms with E-state index in [1.54, 1.807) is 0 Å². The number of aliphatic hydroxyl groups is 6. The summed E-state index contributed by atoms with van der Waals surface area (Å²) in [6, 6.07) is 0. The van der Waals surface area contributed by atoms with Crippen LogP contribution in [0.25, 0.3) is 0 Å². The Morgan fingerprint density at radius 3 is 1.88 bits per heavy atom. The number of hydrogen-bond acceptors (Lipinski definition) is 8. The van der Waals surface area contributed by atoms with Crippen LogP contribution in [0, 0.1) is 0 Å². The average Bonchev–Trinajstić information content (AvgIpc) is 2.33. The lowest BCUT2D eigenvalue weighted by Crippen LogP contribution is -2.63. The fraction of sp³-hybridized carbons (Fsp3) is 0.750. The number of carbonyl (C=O) groups excluding carboxylic acids is 1. The van der Waals surface area contributed by atoms with Crippen LogP contribution in [0.3, 0.4) is 0 Å². The molecule has 0 heterocycles. The zero-order valence-corrected chi connectivity index (χ0v) is 8.59. The van der Waals surface area contributed by atoms with Crippen molar-refractivity contribution in [1.29, 1.82) is 0 Å². The summed E-state index contributed by atoms with van der Waals surface area (Å²) in [5.74, 6) is -3.87. The maximum absolute atomic E-state index is 11.0. The van der Waals surface area contributed by atoms with Gasteiger partial charge in [0, 0.05) is 0 Å². The van der Waals surface area contributed by atoms with Crippen LogP contribution in [0.2, 0.25) is 0 Å². The average molecular weight is 254 g/mol. The number of ketones is 1. The molecule has 0 aliphatic carbocycles. The van der Waals surface area contributed by atoms with Crippen LogP contribution in [-0.2, 0) is 9.59 Å². The predicted octanol–water partition coefficient (Wildman–Crippen LogP) is -4.56. The SMILES string of the molecule is O=C(O)C(O)(C(=O)CO)C(O)C(O)C(O)CO. The third kappa shape index (κ3) is 2.97. The highest BCUT2D eigenvalue weighted by Crippen LogP contribution is 2.18. The maximum atomic E-state index is 11.0. The van der Waals surface area contributed by atoms with Gasteiger partial charge in [-0.1, -0.05) is 0 Å². The lowest BCUT2D eigenvalue weighted by molar-refractivity contribution is -0.194. The number of hydrogen-bond donors (Lipinski definition) is 7. The molecule has 0 spiro atoms. The third-order valence-electron chi connectivity index (χ3n) is 2.23. The summed E-state index contributed by atoms with van der Waals surface area (Å²) >= 11 is 0. The van der Waals surface area contributed by atoms with Gasteiger partial charge in [0.2, 0.25) is 5.78 Å². The summed E-state index contributed by atoms with van der Waals surface area (Å²) in [6.45, 7) is -2.41. The molecule has 100 valence electrons. The maximum Gasteiger partial charge on any atom is 0.346 e. The summed E-state index contributed by atoms with van der Waals surface area (Å²) in [5.41, 5.74) is -3.47. The summed E-state index contributed by atoms with van der Waals surface area (Å²) in [5, 5.41) is 62.5. The third-order valence-corrected chi connectivity index (χ3v) is 2.23. The van der Waals surface area contributed by atoms with Gasteiger partial charge in [-0.2, -0.15) is 0 Å². The van der Waals surface area contributed by atoms with Crippen LogP contribution >= 0.6 is 0 Å². The molecule has 17 heavy (non-hydrogen) atoms. The number of carboxylic acids is 1. The van der Waals surface area contributed by atoms with Crippen molar-refractivity contribution in [2.24, 2.45) is 0 Å². The second-order valence-electron chi connectivity index (χ2n) is 3.34. The Bertz CT molecular complexity index is 291. The molecule has 0 amide bonds. The fourth-order valence-corrected chi connectivity index (χ4v) is 1.10. The molecule has 0 bridgehead atoms. The van der Waals surface area contributed by atoms with Gasteiger partial charge in [0.25, 0.3) is 5.60 Å². The monoisotopic (exact) mass is 254 g/mol. The summed E-state index contributed by atoms with van der Waals surface area (Å²) in [4.78, 5) is 21.7. The van der Waals surface area contributed by atoms with E-state index < -0.39 is 48.9 Å². The predicted molar refractivity (Wildman–Crippen MR) is 49.8 cm³/mol. The van der Waals surface area contributed by atoms with Gasteiger partial charge in [0.05, 0.1) is 6.61 Å². The number of rotatable bonds is 7. The number of carboxylic acid groups (broad SMARTS) is 1. The van der Waals surface area contributed by atoms with Crippen molar-refractivity contribution in [1.82, 2.24) is 0 Å². The van der Waals surface area contributed by atoms with Crippen molar-refractivity contribution >= 4 is 11.8 Å². The molecule has 4 atom stereocenters. The molecule has 0 aliphatic rings. The first kappa shape index (κ1) is 15.9. The fourth-order valence-electron chi connectivity index (χ4n) is 1.10. The Kier molecular flexibility index (Phi) is 5.61. The second kappa shape index (κ2) is 6.00.